The molecule has 0 aromatic carbocycles. The molecule has 0 saturated carbocycles. The number of anilines is 1. The first-order valence-corrected chi connectivity index (χ1v) is 7.87. The number of rotatable bonds is 4. The Bertz CT molecular complexity index is 489. The third kappa shape index (κ3) is 2.96. The molecule has 3 unspecified atom stereocenters. The number of ether oxygens (including phenoxy) is 1. The SMILES string of the molecule is CCC(C)c1nc(N2CC(C)OCC2C)sc1C(=O)O. The number of aromatic carboxylic acids is 1. The van der Waals surface area contributed by atoms with Gasteiger partial charge in [0.05, 0.1) is 24.4 Å². The summed E-state index contributed by atoms with van der Waals surface area (Å²) in [5, 5.41) is 10.2. The molecule has 3 atom stereocenters. The highest BCUT2D eigenvalue weighted by molar-refractivity contribution is 7.17. The van der Waals surface area contributed by atoms with Crippen molar-refractivity contribution in [3.05, 3.63) is 10.6 Å². The van der Waals surface area contributed by atoms with Crippen molar-refractivity contribution in [3.63, 3.8) is 0 Å². The largest absolute Gasteiger partial charge is 0.477 e. The van der Waals surface area contributed by atoms with Gasteiger partial charge < -0.3 is 14.7 Å². The van der Waals surface area contributed by atoms with Crippen molar-refractivity contribution in [1.29, 1.82) is 0 Å². The van der Waals surface area contributed by atoms with Crippen molar-refractivity contribution < 1.29 is 14.6 Å². The fourth-order valence-electron chi connectivity index (χ4n) is 2.29. The van der Waals surface area contributed by atoms with Crippen LogP contribution < -0.4 is 4.90 Å². The van der Waals surface area contributed by atoms with Crippen molar-refractivity contribution in [2.75, 3.05) is 18.1 Å². The lowest BCUT2D eigenvalue weighted by Gasteiger charge is -2.36. The molecule has 1 saturated heterocycles. The molecule has 0 radical (unpaired) electrons. The maximum absolute atomic E-state index is 11.4. The van der Waals surface area contributed by atoms with Crippen LogP contribution >= 0.6 is 11.3 Å². The summed E-state index contributed by atoms with van der Waals surface area (Å²) in [5.41, 5.74) is 0.714. The molecule has 0 aliphatic carbocycles. The van der Waals surface area contributed by atoms with Crippen molar-refractivity contribution >= 4 is 22.4 Å². The van der Waals surface area contributed by atoms with Crippen LogP contribution in [0.4, 0.5) is 5.13 Å². The summed E-state index contributed by atoms with van der Waals surface area (Å²) in [6.45, 7) is 9.59. The number of carboxylic acids is 1. The van der Waals surface area contributed by atoms with Gasteiger partial charge in [0.15, 0.2) is 5.13 Å². The van der Waals surface area contributed by atoms with Gasteiger partial charge in [0.2, 0.25) is 0 Å². The zero-order valence-corrected chi connectivity index (χ0v) is 13.2. The van der Waals surface area contributed by atoms with Gasteiger partial charge in [-0.3, -0.25) is 0 Å². The molecule has 0 amide bonds. The van der Waals surface area contributed by atoms with Crippen LogP contribution in [0.2, 0.25) is 0 Å². The second kappa shape index (κ2) is 6.10. The topological polar surface area (TPSA) is 62.7 Å². The third-order valence-corrected chi connectivity index (χ3v) is 4.87. The average molecular weight is 298 g/mol. The van der Waals surface area contributed by atoms with E-state index in [9.17, 15) is 9.90 Å². The molecule has 1 aromatic rings. The summed E-state index contributed by atoms with van der Waals surface area (Å²) < 4.78 is 5.61. The van der Waals surface area contributed by atoms with Crippen molar-refractivity contribution in [3.8, 4) is 0 Å². The average Bonchev–Trinajstić information content (AvgIpc) is 2.85. The van der Waals surface area contributed by atoms with E-state index in [2.05, 4.69) is 23.7 Å². The number of carboxylic acid groups (broad SMARTS) is 1. The van der Waals surface area contributed by atoms with Crippen LogP contribution in [0, 0.1) is 0 Å². The van der Waals surface area contributed by atoms with Gasteiger partial charge in [-0.15, -0.1) is 0 Å². The molecule has 2 heterocycles. The second-order valence-corrected chi connectivity index (χ2v) is 6.45. The predicted molar refractivity (Wildman–Crippen MR) is 80.0 cm³/mol. The number of hydrogen-bond acceptors (Lipinski definition) is 5. The summed E-state index contributed by atoms with van der Waals surface area (Å²) >= 11 is 1.28. The monoisotopic (exact) mass is 298 g/mol. The molecule has 1 aromatic heterocycles. The van der Waals surface area contributed by atoms with Gasteiger partial charge in [-0.05, 0) is 26.2 Å². The highest BCUT2D eigenvalue weighted by Crippen LogP contribution is 2.34. The van der Waals surface area contributed by atoms with Gasteiger partial charge >= 0.3 is 5.97 Å². The van der Waals surface area contributed by atoms with E-state index in [0.29, 0.717) is 17.2 Å². The lowest BCUT2D eigenvalue weighted by molar-refractivity contribution is 0.0343. The van der Waals surface area contributed by atoms with E-state index >= 15 is 0 Å². The Hall–Kier alpha value is -1.14. The summed E-state index contributed by atoms with van der Waals surface area (Å²) in [6, 6.07) is 0.226. The van der Waals surface area contributed by atoms with Crippen LogP contribution in [0.3, 0.4) is 0 Å². The first kappa shape index (κ1) is 15.3. The molecule has 2 rings (SSSR count). The van der Waals surface area contributed by atoms with Gasteiger partial charge in [0.25, 0.3) is 0 Å². The van der Waals surface area contributed by atoms with Crippen LogP contribution in [0.25, 0.3) is 0 Å². The summed E-state index contributed by atoms with van der Waals surface area (Å²) in [4.78, 5) is 18.6. The van der Waals surface area contributed by atoms with E-state index in [4.69, 9.17) is 4.74 Å². The van der Waals surface area contributed by atoms with Gasteiger partial charge in [0.1, 0.15) is 4.88 Å². The number of carbonyl (C=O) groups is 1. The molecule has 0 spiro atoms. The second-order valence-electron chi connectivity index (χ2n) is 5.47. The Morgan fingerprint density at radius 2 is 2.30 bits per heavy atom. The van der Waals surface area contributed by atoms with E-state index < -0.39 is 5.97 Å². The quantitative estimate of drug-likeness (QED) is 0.926. The van der Waals surface area contributed by atoms with Crippen molar-refractivity contribution in [1.82, 2.24) is 4.98 Å². The first-order valence-electron chi connectivity index (χ1n) is 7.06. The number of morpholine rings is 1. The molecule has 112 valence electrons. The van der Waals surface area contributed by atoms with Gasteiger partial charge in [-0.2, -0.15) is 0 Å². The summed E-state index contributed by atoms with van der Waals surface area (Å²) in [6.07, 6.45) is 1.04. The first-order chi connectivity index (χ1) is 9.43. The summed E-state index contributed by atoms with van der Waals surface area (Å²) in [7, 11) is 0. The van der Waals surface area contributed by atoms with Crippen molar-refractivity contribution in [2.24, 2.45) is 0 Å². The lowest BCUT2D eigenvalue weighted by atomic mass is 10.0. The lowest BCUT2D eigenvalue weighted by Crippen LogP contribution is -2.47. The van der Waals surface area contributed by atoms with E-state index in [1.54, 1.807) is 0 Å². The molecule has 1 aliphatic rings. The Balaban J connectivity index is 2.34. The van der Waals surface area contributed by atoms with Crippen LogP contribution in [-0.4, -0.2) is 41.4 Å². The minimum Gasteiger partial charge on any atom is -0.477 e. The zero-order chi connectivity index (χ0) is 14.9. The fraction of sp³-hybridized carbons (Fsp3) is 0.714. The van der Waals surface area contributed by atoms with Gasteiger partial charge in [-0.1, -0.05) is 25.2 Å². The van der Waals surface area contributed by atoms with Crippen LogP contribution in [-0.2, 0) is 4.74 Å². The Morgan fingerprint density at radius 1 is 1.60 bits per heavy atom. The summed E-state index contributed by atoms with van der Waals surface area (Å²) in [5.74, 6) is -0.710. The van der Waals surface area contributed by atoms with E-state index in [1.165, 1.54) is 11.3 Å². The molecule has 1 N–H and O–H groups in total. The Kier molecular flexibility index (Phi) is 4.65. The van der Waals surface area contributed by atoms with E-state index in [0.717, 1.165) is 18.1 Å². The number of thiazole rings is 1. The van der Waals surface area contributed by atoms with Crippen LogP contribution in [0.15, 0.2) is 0 Å². The van der Waals surface area contributed by atoms with Crippen molar-refractivity contribution in [2.45, 2.75) is 52.2 Å². The number of nitrogens with zero attached hydrogens (tertiary/aromatic N) is 2. The Labute approximate surface area is 123 Å². The Morgan fingerprint density at radius 3 is 2.90 bits per heavy atom. The maximum Gasteiger partial charge on any atom is 0.347 e. The predicted octanol–water partition coefficient (Wildman–Crippen LogP) is 2.97. The van der Waals surface area contributed by atoms with E-state index in [1.807, 2.05) is 13.8 Å². The number of aromatic nitrogens is 1. The van der Waals surface area contributed by atoms with E-state index in [-0.39, 0.29) is 18.1 Å². The van der Waals surface area contributed by atoms with Crippen LogP contribution in [0.5, 0.6) is 0 Å². The van der Waals surface area contributed by atoms with Gasteiger partial charge in [-0.25, -0.2) is 9.78 Å². The molecule has 6 heteroatoms. The van der Waals surface area contributed by atoms with Gasteiger partial charge in [0, 0.05) is 6.54 Å². The normalized spacial score (nSPS) is 24.7. The third-order valence-electron chi connectivity index (χ3n) is 3.77. The highest BCUT2D eigenvalue weighted by atomic mass is 32.1. The maximum atomic E-state index is 11.4. The molecular formula is C14H22N2O3S. The minimum atomic E-state index is -0.877. The molecule has 1 aliphatic heterocycles. The standard InChI is InChI=1S/C14H22N2O3S/c1-5-8(2)11-12(13(17)18)20-14(15-11)16-6-10(4)19-7-9(16)3/h8-10H,5-7H2,1-4H3,(H,17,18). The smallest absolute Gasteiger partial charge is 0.347 e. The fourth-order valence-corrected chi connectivity index (χ4v) is 3.43. The molecule has 1 fully saturated rings. The molecule has 5 nitrogen and oxygen atoms in total. The minimum absolute atomic E-state index is 0.149. The molecule has 20 heavy (non-hydrogen) atoms. The number of hydrogen-bond donors (Lipinski definition) is 1. The van der Waals surface area contributed by atoms with Crippen LogP contribution in [0.1, 0.15) is 55.4 Å². The molecular weight excluding hydrogens is 276 g/mol. The zero-order valence-electron chi connectivity index (χ0n) is 12.4. The molecule has 0 bridgehead atoms. The highest BCUT2D eigenvalue weighted by Gasteiger charge is 2.29.